The van der Waals surface area contributed by atoms with Gasteiger partial charge >= 0.3 is 0 Å². The maximum Gasteiger partial charge on any atom is 0.123 e. The molecule has 82 valence electrons. The topological polar surface area (TPSA) is 37.8 Å². The highest BCUT2D eigenvalue weighted by Gasteiger charge is 2.11. The van der Waals surface area contributed by atoms with Crippen molar-refractivity contribution in [3.05, 3.63) is 59.9 Å². The number of hydrogen-bond donors (Lipinski definition) is 1. The maximum absolute atomic E-state index is 12.8. The monoisotopic (exact) mass is 217 g/mol. The highest BCUT2D eigenvalue weighted by molar-refractivity contribution is 5.28. The molecule has 0 bridgehead atoms. The van der Waals surface area contributed by atoms with Crippen LogP contribution in [0.2, 0.25) is 0 Å². The van der Waals surface area contributed by atoms with E-state index in [9.17, 15) is 4.39 Å². The van der Waals surface area contributed by atoms with Gasteiger partial charge in [-0.15, -0.1) is 0 Å². The van der Waals surface area contributed by atoms with Gasteiger partial charge in [0.05, 0.1) is 6.04 Å². The second-order valence-electron chi connectivity index (χ2n) is 3.45. The van der Waals surface area contributed by atoms with Gasteiger partial charge in [-0.05, 0) is 24.7 Å². The number of nitrogens with zero attached hydrogens (tertiary/aromatic N) is 2. The quantitative estimate of drug-likeness (QED) is 0.853. The molecule has 2 rings (SSSR count). The summed E-state index contributed by atoms with van der Waals surface area (Å²) in [6.07, 6.45) is 4.98. The van der Waals surface area contributed by atoms with Gasteiger partial charge in [-0.1, -0.05) is 12.1 Å². The van der Waals surface area contributed by atoms with Crippen LogP contribution in [-0.4, -0.2) is 17.0 Å². The van der Waals surface area contributed by atoms with Crippen LogP contribution in [0, 0.1) is 5.82 Å². The smallest absolute Gasteiger partial charge is 0.123 e. The van der Waals surface area contributed by atoms with Crippen molar-refractivity contribution in [1.82, 2.24) is 15.3 Å². The first kappa shape index (κ1) is 10.7. The predicted molar refractivity (Wildman–Crippen MR) is 59.3 cm³/mol. The van der Waals surface area contributed by atoms with Crippen LogP contribution in [0.4, 0.5) is 4.39 Å². The lowest BCUT2D eigenvalue weighted by molar-refractivity contribution is 0.623. The molecular weight excluding hydrogens is 205 g/mol. The van der Waals surface area contributed by atoms with Crippen molar-refractivity contribution in [2.45, 2.75) is 6.04 Å². The number of aromatic nitrogens is 2. The van der Waals surface area contributed by atoms with Crippen LogP contribution in [0.1, 0.15) is 17.2 Å². The van der Waals surface area contributed by atoms with Crippen molar-refractivity contribution in [3.8, 4) is 0 Å². The van der Waals surface area contributed by atoms with Crippen LogP contribution in [0.3, 0.4) is 0 Å². The van der Waals surface area contributed by atoms with Crippen molar-refractivity contribution in [3.63, 3.8) is 0 Å². The van der Waals surface area contributed by atoms with E-state index in [-0.39, 0.29) is 11.9 Å². The van der Waals surface area contributed by atoms with Crippen molar-refractivity contribution in [2.75, 3.05) is 7.05 Å². The molecule has 0 amide bonds. The fourth-order valence-corrected chi connectivity index (χ4v) is 1.64. The Kier molecular flexibility index (Phi) is 3.22. The lowest BCUT2D eigenvalue weighted by atomic mass is 10.0. The number of benzene rings is 1. The fourth-order valence-electron chi connectivity index (χ4n) is 1.64. The Labute approximate surface area is 93.4 Å². The van der Waals surface area contributed by atoms with E-state index in [1.54, 1.807) is 24.5 Å². The summed E-state index contributed by atoms with van der Waals surface area (Å²) in [5, 5.41) is 3.15. The second-order valence-corrected chi connectivity index (χ2v) is 3.45. The number of nitrogens with one attached hydrogen (secondary N) is 1. The van der Waals surface area contributed by atoms with E-state index in [4.69, 9.17) is 0 Å². The van der Waals surface area contributed by atoms with Gasteiger partial charge in [0.2, 0.25) is 0 Å². The second kappa shape index (κ2) is 4.81. The Morgan fingerprint density at radius 1 is 1.06 bits per heavy atom. The average molecular weight is 217 g/mol. The zero-order valence-corrected chi connectivity index (χ0v) is 8.89. The van der Waals surface area contributed by atoms with Crippen LogP contribution in [0.25, 0.3) is 0 Å². The van der Waals surface area contributed by atoms with Gasteiger partial charge in [0.15, 0.2) is 0 Å². The fraction of sp³-hybridized carbons (Fsp3) is 0.167. The summed E-state index contributed by atoms with van der Waals surface area (Å²) in [7, 11) is 1.85. The molecule has 3 nitrogen and oxygen atoms in total. The third-order valence-electron chi connectivity index (χ3n) is 2.41. The Balaban J connectivity index is 2.33. The molecular formula is C12H12FN3. The highest BCUT2D eigenvalue weighted by atomic mass is 19.1. The standard InChI is InChI=1S/C12H12FN3/c1-14-12(10-6-15-8-16-7-10)9-2-4-11(13)5-3-9/h2-8,12,14H,1H3. The van der Waals surface area contributed by atoms with E-state index in [0.29, 0.717) is 0 Å². The van der Waals surface area contributed by atoms with Gasteiger partial charge in [-0.3, -0.25) is 0 Å². The van der Waals surface area contributed by atoms with Gasteiger partial charge in [0, 0.05) is 18.0 Å². The average Bonchev–Trinajstić information content (AvgIpc) is 2.34. The van der Waals surface area contributed by atoms with Gasteiger partial charge in [0.1, 0.15) is 12.1 Å². The molecule has 1 N–H and O–H groups in total. The molecule has 0 saturated heterocycles. The van der Waals surface area contributed by atoms with Gasteiger partial charge in [0.25, 0.3) is 0 Å². The van der Waals surface area contributed by atoms with Gasteiger partial charge in [-0.25, -0.2) is 14.4 Å². The van der Waals surface area contributed by atoms with Crippen LogP contribution in [0.5, 0.6) is 0 Å². The third kappa shape index (κ3) is 2.23. The minimum Gasteiger partial charge on any atom is -0.309 e. The molecule has 0 fully saturated rings. The van der Waals surface area contributed by atoms with E-state index >= 15 is 0 Å². The number of hydrogen-bond acceptors (Lipinski definition) is 3. The molecule has 0 aliphatic carbocycles. The molecule has 1 heterocycles. The van der Waals surface area contributed by atoms with Crippen molar-refractivity contribution in [1.29, 1.82) is 0 Å². The lowest BCUT2D eigenvalue weighted by Gasteiger charge is -2.16. The molecule has 2 aromatic rings. The van der Waals surface area contributed by atoms with Crippen molar-refractivity contribution < 1.29 is 4.39 Å². The predicted octanol–water partition coefficient (Wildman–Crippen LogP) is 1.92. The Bertz CT molecular complexity index is 442. The Morgan fingerprint density at radius 3 is 2.25 bits per heavy atom. The molecule has 1 unspecified atom stereocenters. The summed E-state index contributed by atoms with van der Waals surface area (Å²) in [5.74, 6) is -0.233. The number of halogens is 1. The molecule has 16 heavy (non-hydrogen) atoms. The van der Waals surface area contributed by atoms with Crippen LogP contribution >= 0.6 is 0 Å². The summed E-state index contributed by atoms with van der Waals surface area (Å²) in [6.45, 7) is 0. The molecule has 0 radical (unpaired) electrons. The van der Waals surface area contributed by atoms with Crippen molar-refractivity contribution in [2.24, 2.45) is 0 Å². The normalized spacial score (nSPS) is 12.4. The first-order valence-corrected chi connectivity index (χ1v) is 4.99. The third-order valence-corrected chi connectivity index (χ3v) is 2.41. The van der Waals surface area contributed by atoms with E-state index in [2.05, 4.69) is 15.3 Å². The molecule has 0 saturated carbocycles. The van der Waals surface area contributed by atoms with Crippen molar-refractivity contribution >= 4 is 0 Å². The van der Waals surface area contributed by atoms with E-state index in [1.807, 2.05) is 7.05 Å². The van der Waals surface area contributed by atoms with E-state index in [1.165, 1.54) is 18.5 Å². The lowest BCUT2D eigenvalue weighted by Crippen LogP contribution is -2.17. The SMILES string of the molecule is CNC(c1ccc(F)cc1)c1cncnc1. The zero-order valence-electron chi connectivity index (χ0n) is 8.89. The molecule has 0 aliphatic heterocycles. The van der Waals surface area contributed by atoms with E-state index in [0.717, 1.165) is 11.1 Å². The minimum absolute atomic E-state index is 0.0122. The van der Waals surface area contributed by atoms with Gasteiger partial charge < -0.3 is 5.32 Å². The first-order valence-electron chi connectivity index (χ1n) is 4.99. The summed E-state index contributed by atoms with van der Waals surface area (Å²) in [5.41, 5.74) is 1.94. The summed E-state index contributed by atoms with van der Waals surface area (Å²) < 4.78 is 12.8. The molecule has 1 atom stereocenters. The largest absolute Gasteiger partial charge is 0.309 e. The summed E-state index contributed by atoms with van der Waals surface area (Å²) in [6, 6.07) is 6.39. The molecule has 0 spiro atoms. The molecule has 4 heteroatoms. The highest BCUT2D eigenvalue weighted by Crippen LogP contribution is 2.20. The number of rotatable bonds is 3. The molecule has 1 aromatic heterocycles. The van der Waals surface area contributed by atoms with Crippen LogP contribution < -0.4 is 5.32 Å². The summed E-state index contributed by atoms with van der Waals surface area (Å²) in [4.78, 5) is 7.94. The molecule has 0 aliphatic rings. The molecule has 1 aromatic carbocycles. The van der Waals surface area contributed by atoms with Gasteiger partial charge in [-0.2, -0.15) is 0 Å². The van der Waals surface area contributed by atoms with E-state index < -0.39 is 0 Å². The van der Waals surface area contributed by atoms with Crippen LogP contribution in [0.15, 0.2) is 43.0 Å². The maximum atomic E-state index is 12.8. The minimum atomic E-state index is -0.233. The Morgan fingerprint density at radius 2 is 1.69 bits per heavy atom. The zero-order chi connectivity index (χ0) is 11.4. The Hall–Kier alpha value is -1.81. The summed E-state index contributed by atoms with van der Waals surface area (Å²) >= 11 is 0. The van der Waals surface area contributed by atoms with Crippen LogP contribution in [-0.2, 0) is 0 Å². The first-order chi connectivity index (χ1) is 7.81.